The number of rotatable bonds is 1. The monoisotopic (exact) mass is 289 g/mol. The number of carbonyl (C=O) groups is 1. The van der Waals surface area contributed by atoms with Crippen LogP contribution in [0.25, 0.3) is 0 Å². The van der Waals surface area contributed by atoms with Crippen molar-refractivity contribution in [3.05, 3.63) is 33.2 Å². The van der Waals surface area contributed by atoms with Crippen molar-refractivity contribution in [2.45, 2.75) is 51.7 Å². The summed E-state index contributed by atoms with van der Waals surface area (Å²) in [7, 11) is 0. The summed E-state index contributed by atoms with van der Waals surface area (Å²) in [4.78, 5) is 26.1. The Hall–Kier alpha value is -2.29. The van der Waals surface area contributed by atoms with E-state index in [0.717, 1.165) is 17.7 Å². The van der Waals surface area contributed by atoms with Gasteiger partial charge in [0.2, 0.25) is 0 Å². The third kappa shape index (κ3) is 3.85. The predicted molar refractivity (Wildman–Crippen MR) is 77.0 cm³/mol. The van der Waals surface area contributed by atoms with Gasteiger partial charge in [0.05, 0.1) is 0 Å². The molecule has 0 aliphatic heterocycles. The molecule has 1 amide bonds. The minimum absolute atomic E-state index is 0.0511. The molecule has 2 N–H and O–H groups in total. The fraction of sp³-hybridized carbons (Fsp3) is 0.533. The van der Waals surface area contributed by atoms with Crippen LogP contribution in [0.1, 0.15) is 44.0 Å². The van der Waals surface area contributed by atoms with Gasteiger partial charge in [0, 0.05) is 11.7 Å². The summed E-state index contributed by atoms with van der Waals surface area (Å²) in [5.74, 6) is 0. The topological polar surface area (TPSA) is 95.0 Å². The fourth-order valence-corrected chi connectivity index (χ4v) is 2.38. The lowest BCUT2D eigenvalue weighted by atomic mass is 9.91. The number of fused-ring (bicyclic) bond motifs is 1. The molecule has 1 atom stereocenters. The van der Waals surface area contributed by atoms with Crippen molar-refractivity contribution < 1.29 is 9.53 Å². The Kier molecular flexibility index (Phi) is 4.03. The maximum Gasteiger partial charge on any atom is 0.407 e. The first-order valence-electron chi connectivity index (χ1n) is 6.93. The molecular weight excluding hydrogens is 270 g/mol. The van der Waals surface area contributed by atoms with Gasteiger partial charge in [-0.1, -0.05) is 0 Å². The Balaban J connectivity index is 2.08. The molecule has 0 saturated carbocycles. The second-order valence-electron chi connectivity index (χ2n) is 6.21. The molecule has 2 rings (SSSR count). The second kappa shape index (κ2) is 5.60. The molecule has 1 heterocycles. The van der Waals surface area contributed by atoms with Crippen LogP contribution in [-0.4, -0.2) is 22.7 Å². The molecule has 1 aliphatic carbocycles. The zero-order valence-electron chi connectivity index (χ0n) is 12.4. The molecule has 21 heavy (non-hydrogen) atoms. The van der Waals surface area contributed by atoms with E-state index in [0.29, 0.717) is 12.8 Å². The van der Waals surface area contributed by atoms with Crippen LogP contribution in [0.15, 0.2) is 10.9 Å². The average molecular weight is 289 g/mol. The highest BCUT2D eigenvalue weighted by Gasteiger charge is 2.24. The number of H-pyrrole nitrogens is 1. The third-order valence-electron chi connectivity index (χ3n) is 3.27. The summed E-state index contributed by atoms with van der Waals surface area (Å²) < 4.78 is 5.23. The summed E-state index contributed by atoms with van der Waals surface area (Å²) in [6.07, 6.45) is 1.53. The van der Waals surface area contributed by atoms with Gasteiger partial charge in [-0.2, -0.15) is 5.26 Å². The van der Waals surface area contributed by atoms with Crippen molar-refractivity contribution in [3.63, 3.8) is 0 Å². The Morgan fingerprint density at radius 2 is 2.24 bits per heavy atom. The van der Waals surface area contributed by atoms with Gasteiger partial charge in [0.1, 0.15) is 17.2 Å². The average Bonchev–Trinajstić information content (AvgIpc) is 2.36. The van der Waals surface area contributed by atoms with Crippen LogP contribution < -0.4 is 10.9 Å². The lowest BCUT2D eigenvalue weighted by Crippen LogP contribution is -2.42. The first-order chi connectivity index (χ1) is 9.78. The van der Waals surface area contributed by atoms with E-state index >= 15 is 0 Å². The summed E-state index contributed by atoms with van der Waals surface area (Å²) >= 11 is 0. The van der Waals surface area contributed by atoms with Crippen LogP contribution in [0.4, 0.5) is 4.79 Å². The molecule has 112 valence electrons. The summed E-state index contributed by atoms with van der Waals surface area (Å²) in [5.41, 5.74) is 0.969. The molecule has 0 fully saturated rings. The number of nitrogens with zero attached hydrogens (tertiary/aromatic N) is 1. The van der Waals surface area contributed by atoms with Crippen LogP contribution in [0.2, 0.25) is 0 Å². The number of amides is 1. The maximum atomic E-state index is 11.8. The van der Waals surface area contributed by atoms with Crippen molar-refractivity contribution in [3.8, 4) is 6.07 Å². The van der Waals surface area contributed by atoms with Crippen molar-refractivity contribution in [2.24, 2.45) is 0 Å². The lowest BCUT2D eigenvalue weighted by molar-refractivity contribution is 0.0500. The first-order valence-corrected chi connectivity index (χ1v) is 6.93. The van der Waals surface area contributed by atoms with E-state index in [2.05, 4.69) is 10.3 Å². The number of alkyl carbamates (subject to hydrolysis) is 1. The van der Waals surface area contributed by atoms with Gasteiger partial charge in [-0.15, -0.1) is 0 Å². The van der Waals surface area contributed by atoms with Crippen LogP contribution in [0.5, 0.6) is 0 Å². The number of ether oxygens (including phenoxy) is 1. The van der Waals surface area contributed by atoms with E-state index in [1.54, 1.807) is 6.07 Å². The zero-order chi connectivity index (χ0) is 15.6. The number of nitrogens with one attached hydrogen (secondary N) is 2. The number of hydrogen-bond acceptors (Lipinski definition) is 4. The highest BCUT2D eigenvalue weighted by Crippen LogP contribution is 2.19. The Labute approximate surface area is 123 Å². The molecular formula is C15H19N3O3. The number of nitriles is 1. The molecule has 0 saturated heterocycles. The molecule has 0 bridgehead atoms. The van der Waals surface area contributed by atoms with Crippen LogP contribution >= 0.6 is 0 Å². The Bertz CT molecular complexity index is 650. The molecule has 1 aromatic heterocycles. The molecule has 1 unspecified atom stereocenters. The molecule has 0 aromatic carbocycles. The highest BCUT2D eigenvalue weighted by atomic mass is 16.6. The van der Waals surface area contributed by atoms with E-state index in [1.807, 2.05) is 26.8 Å². The van der Waals surface area contributed by atoms with Crippen molar-refractivity contribution >= 4 is 6.09 Å². The van der Waals surface area contributed by atoms with E-state index in [4.69, 9.17) is 10.00 Å². The van der Waals surface area contributed by atoms with Crippen LogP contribution in [0, 0.1) is 11.3 Å². The minimum Gasteiger partial charge on any atom is -0.444 e. The van der Waals surface area contributed by atoms with Gasteiger partial charge in [-0.3, -0.25) is 4.79 Å². The first kappa shape index (κ1) is 15.1. The summed E-state index contributed by atoms with van der Waals surface area (Å²) in [5, 5.41) is 11.7. The molecule has 6 heteroatoms. The molecule has 6 nitrogen and oxygen atoms in total. The van der Waals surface area contributed by atoms with Gasteiger partial charge < -0.3 is 15.0 Å². The van der Waals surface area contributed by atoms with Gasteiger partial charge in [0.25, 0.3) is 5.56 Å². The minimum atomic E-state index is -0.532. The SMILES string of the molecule is CC(C)(C)OC(=O)NC1CCc2[nH]c(=O)c(C#N)cc2C1. The highest BCUT2D eigenvalue weighted by molar-refractivity contribution is 5.68. The Morgan fingerprint density at radius 1 is 1.52 bits per heavy atom. The number of pyridine rings is 1. The van der Waals surface area contributed by atoms with Gasteiger partial charge >= 0.3 is 6.09 Å². The predicted octanol–water partition coefficient (Wildman–Crippen LogP) is 1.63. The largest absolute Gasteiger partial charge is 0.444 e. The van der Waals surface area contributed by atoms with Crippen LogP contribution in [0.3, 0.4) is 0 Å². The van der Waals surface area contributed by atoms with Gasteiger partial charge in [-0.25, -0.2) is 4.79 Å². The fourth-order valence-electron chi connectivity index (χ4n) is 2.38. The molecule has 1 aliphatic rings. The Morgan fingerprint density at radius 3 is 2.86 bits per heavy atom. The maximum absolute atomic E-state index is 11.8. The summed E-state index contributed by atoms with van der Waals surface area (Å²) in [6.45, 7) is 5.44. The zero-order valence-corrected chi connectivity index (χ0v) is 12.4. The smallest absolute Gasteiger partial charge is 0.407 e. The normalized spacial score (nSPS) is 17.5. The third-order valence-corrected chi connectivity index (χ3v) is 3.27. The van der Waals surface area contributed by atoms with E-state index in [1.165, 1.54) is 0 Å². The second-order valence-corrected chi connectivity index (χ2v) is 6.21. The lowest BCUT2D eigenvalue weighted by Gasteiger charge is -2.27. The number of aryl methyl sites for hydroxylation is 1. The standard InChI is InChI=1S/C15H19N3O3/c1-15(2,3)21-14(20)17-11-4-5-12-9(7-11)6-10(8-16)13(19)18-12/h6,11H,4-5,7H2,1-3H3,(H,17,20)(H,18,19). The van der Waals surface area contributed by atoms with E-state index in [-0.39, 0.29) is 17.2 Å². The molecule has 0 spiro atoms. The number of carbonyl (C=O) groups excluding carboxylic acids is 1. The van der Waals surface area contributed by atoms with Gasteiger partial charge in [-0.05, 0) is 51.7 Å². The quantitative estimate of drug-likeness (QED) is 0.821. The van der Waals surface area contributed by atoms with E-state index in [9.17, 15) is 9.59 Å². The van der Waals surface area contributed by atoms with Crippen molar-refractivity contribution in [1.29, 1.82) is 5.26 Å². The van der Waals surface area contributed by atoms with E-state index < -0.39 is 11.7 Å². The van der Waals surface area contributed by atoms with Crippen LogP contribution in [-0.2, 0) is 17.6 Å². The number of hydrogen-bond donors (Lipinski definition) is 2. The van der Waals surface area contributed by atoms with Crippen molar-refractivity contribution in [2.75, 3.05) is 0 Å². The number of aromatic nitrogens is 1. The molecule has 1 aromatic rings. The number of aromatic amines is 1. The van der Waals surface area contributed by atoms with Crippen molar-refractivity contribution in [1.82, 2.24) is 10.3 Å². The molecule has 0 radical (unpaired) electrons. The summed E-state index contributed by atoms with van der Waals surface area (Å²) in [6, 6.07) is 3.43. The van der Waals surface area contributed by atoms with Gasteiger partial charge in [0.15, 0.2) is 0 Å².